The van der Waals surface area contributed by atoms with Crippen LogP contribution in [-0.4, -0.2) is 39.4 Å². The number of hydrogen-bond donors (Lipinski definition) is 1. The minimum Gasteiger partial charge on any atom is -0.496 e. The smallest absolute Gasteiger partial charge is 0.257 e. The fourth-order valence-electron chi connectivity index (χ4n) is 3.27. The van der Waals surface area contributed by atoms with Gasteiger partial charge < -0.3 is 9.64 Å². The Morgan fingerprint density at radius 1 is 1.33 bits per heavy atom. The first-order chi connectivity index (χ1) is 11.4. The molecule has 0 spiro atoms. The number of carbonyl (C=O) groups excluding carboxylic acids is 1. The summed E-state index contributed by atoms with van der Waals surface area (Å²) in [6.45, 7) is 3.55. The summed E-state index contributed by atoms with van der Waals surface area (Å²) in [6, 6.07) is 4.14. The summed E-state index contributed by atoms with van der Waals surface area (Å²) in [6.07, 6.45) is 5.42. The van der Waals surface area contributed by atoms with Gasteiger partial charge in [0.15, 0.2) is 0 Å². The van der Waals surface area contributed by atoms with E-state index in [9.17, 15) is 13.2 Å². The summed E-state index contributed by atoms with van der Waals surface area (Å²) in [5.41, 5.74) is 0.248. The highest BCUT2D eigenvalue weighted by molar-refractivity contribution is 7.89. The minimum atomic E-state index is -3.86. The molecule has 2 rings (SSSR count). The van der Waals surface area contributed by atoms with Crippen LogP contribution in [0.15, 0.2) is 23.1 Å². The summed E-state index contributed by atoms with van der Waals surface area (Å²) in [5.74, 6) is 0.821. The molecule has 1 aromatic carbocycles. The lowest BCUT2D eigenvalue weighted by atomic mass is 9.96. The highest BCUT2D eigenvalue weighted by Gasteiger charge is 2.24. The first-order valence-electron chi connectivity index (χ1n) is 8.37. The van der Waals surface area contributed by atoms with E-state index in [0.29, 0.717) is 24.8 Å². The zero-order valence-electron chi connectivity index (χ0n) is 14.3. The Morgan fingerprint density at radius 2 is 2.08 bits per heavy atom. The predicted molar refractivity (Wildman–Crippen MR) is 92.5 cm³/mol. The molecule has 1 heterocycles. The molecule has 1 aromatic rings. The van der Waals surface area contributed by atoms with E-state index >= 15 is 0 Å². The Balaban J connectivity index is 2.25. The molecule has 1 fully saturated rings. The number of methoxy groups -OCH3 is 1. The number of amides is 1. The average molecular weight is 354 g/mol. The molecule has 7 heteroatoms. The summed E-state index contributed by atoms with van der Waals surface area (Å²) in [5, 5.41) is 5.18. The van der Waals surface area contributed by atoms with Gasteiger partial charge in [-0.2, -0.15) is 0 Å². The van der Waals surface area contributed by atoms with Gasteiger partial charge in [-0.15, -0.1) is 0 Å². The van der Waals surface area contributed by atoms with Crippen molar-refractivity contribution in [1.29, 1.82) is 0 Å². The molecule has 2 N–H and O–H groups in total. The lowest BCUT2D eigenvalue weighted by molar-refractivity contribution is 0.0756. The van der Waals surface area contributed by atoms with Crippen molar-refractivity contribution >= 4 is 15.9 Å². The molecular formula is C17H26N2O4S. The number of likely N-dealkylation sites (tertiary alicyclic amines) is 1. The molecule has 24 heavy (non-hydrogen) atoms. The van der Waals surface area contributed by atoms with Gasteiger partial charge in [0, 0.05) is 13.1 Å². The van der Waals surface area contributed by atoms with Gasteiger partial charge in [-0.3, -0.25) is 4.79 Å². The lowest BCUT2D eigenvalue weighted by Gasteiger charge is -2.22. The van der Waals surface area contributed by atoms with Crippen molar-refractivity contribution in [2.24, 2.45) is 11.1 Å². The number of sulfonamides is 1. The highest BCUT2D eigenvalue weighted by atomic mass is 32.2. The average Bonchev–Trinajstić information content (AvgIpc) is 2.79. The van der Waals surface area contributed by atoms with Gasteiger partial charge in [-0.1, -0.05) is 19.8 Å². The standard InChI is InChI=1S/C17H26N2O4S/c1-3-5-13-6-4-10-19(11-9-13)17(20)15-12-14(24(18,21)22)7-8-16(15)23-2/h7-8,12-13H,3-6,9-11H2,1-2H3,(H2,18,21,22)/t13-/m1/s1. The van der Waals surface area contributed by atoms with Gasteiger partial charge in [-0.25, -0.2) is 13.6 Å². The number of ether oxygens (including phenoxy) is 1. The van der Waals surface area contributed by atoms with Gasteiger partial charge in [0.05, 0.1) is 17.6 Å². The molecule has 0 unspecified atom stereocenters. The Morgan fingerprint density at radius 3 is 2.71 bits per heavy atom. The summed E-state index contributed by atoms with van der Waals surface area (Å²) in [7, 11) is -2.40. The second kappa shape index (κ2) is 7.98. The van der Waals surface area contributed by atoms with E-state index in [-0.39, 0.29) is 16.4 Å². The van der Waals surface area contributed by atoms with Crippen LogP contribution in [0.5, 0.6) is 5.75 Å². The quantitative estimate of drug-likeness (QED) is 0.879. The van der Waals surface area contributed by atoms with Crippen LogP contribution in [0.2, 0.25) is 0 Å². The highest BCUT2D eigenvalue weighted by Crippen LogP contribution is 2.27. The van der Waals surface area contributed by atoms with Crippen LogP contribution in [0.1, 0.15) is 49.4 Å². The van der Waals surface area contributed by atoms with Crippen molar-refractivity contribution in [1.82, 2.24) is 4.90 Å². The largest absolute Gasteiger partial charge is 0.496 e. The van der Waals surface area contributed by atoms with Crippen molar-refractivity contribution in [3.05, 3.63) is 23.8 Å². The second-order valence-electron chi connectivity index (χ2n) is 6.28. The van der Waals surface area contributed by atoms with E-state index < -0.39 is 10.0 Å². The second-order valence-corrected chi connectivity index (χ2v) is 7.85. The zero-order chi connectivity index (χ0) is 17.7. The van der Waals surface area contributed by atoms with Crippen LogP contribution >= 0.6 is 0 Å². The molecule has 1 amide bonds. The Labute approximate surface area is 144 Å². The fourth-order valence-corrected chi connectivity index (χ4v) is 3.81. The number of benzene rings is 1. The number of hydrogen-bond acceptors (Lipinski definition) is 4. The monoisotopic (exact) mass is 354 g/mol. The van der Waals surface area contributed by atoms with Crippen LogP contribution in [0.4, 0.5) is 0 Å². The topological polar surface area (TPSA) is 89.7 Å². The molecule has 0 aromatic heterocycles. The van der Waals surface area contributed by atoms with E-state index in [1.54, 1.807) is 4.90 Å². The maximum Gasteiger partial charge on any atom is 0.257 e. The molecule has 0 saturated carbocycles. The van der Waals surface area contributed by atoms with E-state index in [1.807, 2.05) is 0 Å². The Kier molecular flexibility index (Phi) is 6.23. The number of rotatable bonds is 5. The first kappa shape index (κ1) is 18.7. The van der Waals surface area contributed by atoms with Crippen LogP contribution in [0, 0.1) is 5.92 Å². The molecular weight excluding hydrogens is 328 g/mol. The van der Waals surface area contributed by atoms with E-state index in [1.165, 1.54) is 31.7 Å². The molecule has 1 aliphatic heterocycles. The maximum atomic E-state index is 12.9. The van der Waals surface area contributed by atoms with Crippen molar-refractivity contribution in [3.8, 4) is 5.75 Å². The molecule has 0 bridgehead atoms. The zero-order valence-corrected chi connectivity index (χ0v) is 15.1. The SMILES string of the molecule is CCC[C@@H]1CCCN(C(=O)c2cc(S(N)(=O)=O)ccc2OC)CC1. The van der Waals surface area contributed by atoms with Gasteiger partial charge in [0.25, 0.3) is 5.91 Å². The van der Waals surface area contributed by atoms with Crippen LogP contribution in [0.3, 0.4) is 0 Å². The number of nitrogens with zero attached hydrogens (tertiary/aromatic N) is 1. The van der Waals surface area contributed by atoms with Crippen molar-refractivity contribution in [3.63, 3.8) is 0 Å². The van der Waals surface area contributed by atoms with Gasteiger partial charge in [-0.05, 0) is 43.4 Å². The normalized spacial score (nSPS) is 19.0. The summed E-state index contributed by atoms with van der Waals surface area (Å²) >= 11 is 0. The number of primary sulfonamides is 1. The van der Waals surface area contributed by atoms with Gasteiger partial charge in [0.1, 0.15) is 5.75 Å². The van der Waals surface area contributed by atoms with Gasteiger partial charge >= 0.3 is 0 Å². The molecule has 1 saturated heterocycles. The molecule has 1 atom stereocenters. The Bertz CT molecular complexity index is 688. The van der Waals surface area contributed by atoms with Crippen LogP contribution < -0.4 is 9.88 Å². The van der Waals surface area contributed by atoms with Gasteiger partial charge in [0.2, 0.25) is 10.0 Å². The maximum absolute atomic E-state index is 12.9. The molecule has 0 aliphatic carbocycles. The fraction of sp³-hybridized carbons (Fsp3) is 0.588. The third kappa shape index (κ3) is 4.48. The third-order valence-electron chi connectivity index (χ3n) is 4.56. The lowest BCUT2D eigenvalue weighted by Crippen LogP contribution is -2.32. The van der Waals surface area contributed by atoms with E-state index in [4.69, 9.17) is 9.88 Å². The van der Waals surface area contributed by atoms with Crippen molar-refractivity contribution < 1.29 is 17.9 Å². The number of nitrogens with two attached hydrogens (primary N) is 1. The molecule has 134 valence electrons. The number of carbonyl (C=O) groups is 1. The predicted octanol–water partition coefficient (Wildman–Crippen LogP) is 2.39. The van der Waals surface area contributed by atoms with Crippen molar-refractivity contribution in [2.45, 2.75) is 43.9 Å². The molecule has 0 radical (unpaired) electrons. The Hall–Kier alpha value is -1.60. The minimum absolute atomic E-state index is 0.0784. The van der Waals surface area contributed by atoms with E-state index in [0.717, 1.165) is 25.7 Å². The molecule has 6 nitrogen and oxygen atoms in total. The van der Waals surface area contributed by atoms with Crippen LogP contribution in [-0.2, 0) is 10.0 Å². The first-order valence-corrected chi connectivity index (χ1v) is 9.91. The molecule has 1 aliphatic rings. The van der Waals surface area contributed by atoms with E-state index in [2.05, 4.69) is 6.92 Å². The van der Waals surface area contributed by atoms with Crippen LogP contribution in [0.25, 0.3) is 0 Å². The summed E-state index contributed by atoms with van der Waals surface area (Å²) in [4.78, 5) is 14.6. The third-order valence-corrected chi connectivity index (χ3v) is 5.47. The van der Waals surface area contributed by atoms with Crippen molar-refractivity contribution in [2.75, 3.05) is 20.2 Å². The summed E-state index contributed by atoms with van der Waals surface area (Å²) < 4.78 is 28.4.